The largest absolute Gasteiger partial charge is 0.364 e. The summed E-state index contributed by atoms with van der Waals surface area (Å²) in [4.78, 5) is 15.3. The molecule has 108 valence electrons. The molecule has 21 heavy (non-hydrogen) atoms. The van der Waals surface area contributed by atoms with E-state index in [1.165, 1.54) is 16.6 Å². The molecule has 0 aliphatic heterocycles. The summed E-state index contributed by atoms with van der Waals surface area (Å²) in [5.74, 6) is 0.636. The van der Waals surface area contributed by atoms with E-state index in [9.17, 15) is 4.79 Å². The average molecular weight is 285 g/mol. The van der Waals surface area contributed by atoms with Gasteiger partial charge in [0.2, 0.25) is 0 Å². The Kier molecular flexibility index (Phi) is 3.59. The fourth-order valence-corrected chi connectivity index (χ4v) is 2.10. The van der Waals surface area contributed by atoms with Gasteiger partial charge in [-0.15, -0.1) is 5.10 Å². The number of aryl methyl sites for hydroxylation is 3. The van der Waals surface area contributed by atoms with E-state index in [2.05, 4.69) is 32.6 Å². The topological polar surface area (TPSA) is 83.4 Å². The Morgan fingerprint density at radius 3 is 2.71 bits per heavy atom. The minimum absolute atomic E-state index is 0.303. The van der Waals surface area contributed by atoms with Crippen LogP contribution < -0.4 is 5.69 Å². The molecule has 0 saturated heterocycles. The first kappa shape index (κ1) is 13.2. The molecule has 0 amide bonds. The van der Waals surface area contributed by atoms with Crippen LogP contribution in [0.3, 0.4) is 0 Å². The second-order valence-corrected chi connectivity index (χ2v) is 4.71. The van der Waals surface area contributed by atoms with E-state index in [-0.39, 0.29) is 5.69 Å². The molecule has 0 aliphatic rings. The normalized spacial score (nSPS) is 10.9. The smallest absolute Gasteiger partial charge is 0.273 e. The molecule has 0 radical (unpaired) electrons. The first-order chi connectivity index (χ1) is 10.2. The molecular weight excluding hydrogens is 270 g/mol. The van der Waals surface area contributed by atoms with Gasteiger partial charge in [-0.25, -0.2) is 14.2 Å². The molecule has 8 nitrogen and oxygen atoms in total. The zero-order valence-electron chi connectivity index (χ0n) is 11.6. The van der Waals surface area contributed by atoms with Gasteiger partial charge in [-0.2, -0.15) is 4.98 Å². The van der Waals surface area contributed by atoms with Crippen LogP contribution in [0.4, 0.5) is 0 Å². The number of benzene rings is 1. The summed E-state index contributed by atoms with van der Waals surface area (Å²) >= 11 is 0. The molecule has 1 aromatic carbocycles. The molecule has 0 fully saturated rings. The third-order valence-electron chi connectivity index (χ3n) is 3.29. The molecule has 3 rings (SSSR count). The van der Waals surface area contributed by atoms with Gasteiger partial charge in [0.1, 0.15) is 12.9 Å². The highest BCUT2D eigenvalue weighted by atomic mass is 16.2. The third kappa shape index (κ3) is 2.88. The summed E-state index contributed by atoms with van der Waals surface area (Å²) < 4.78 is 4.82. The second-order valence-electron chi connectivity index (χ2n) is 4.71. The monoisotopic (exact) mass is 285 g/mol. The molecule has 0 unspecified atom stereocenters. The fraction of sp³-hybridized carbons (Fsp3) is 0.308. The molecule has 2 aromatic heterocycles. The highest BCUT2D eigenvalue weighted by molar-refractivity contribution is 5.14. The van der Waals surface area contributed by atoms with E-state index in [0.29, 0.717) is 18.9 Å². The molecule has 0 aliphatic carbocycles. The molecule has 0 saturated carbocycles. The van der Waals surface area contributed by atoms with Gasteiger partial charge in [0.05, 0.1) is 0 Å². The highest BCUT2D eigenvalue weighted by Crippen LogP contribution is 2.03. The Balaban J connectivity index is 1.74. The summed E-state index contributed by atoms with van der Waals surface area (Å²) in [7, 11) is 1.76. The summed E-state index contributed by atoms with van der Waals surface area (Å²) in [6.45, 7) is 0.968. The first-order valence-corrected chi connectivity index (χ1v) is 6.61. The number of tetrazole rings is 1. The molecule has 0 atom stereocenters. The standard InChI is InChI=1S/C13H15N7O/c1-18-10-14-13(21)20(18)9-12-15-16-17-19(12)8-7-11-5-3-2-4-6-11/h2-6,10H,7-9H2,1H3. The number of hydrogen-bond acceptors (Lipinski definition) is 5. The van der Waals surface area contributed by atoms with Crippen LogP contribution in [0.15, 0.2) is 41.5 Å². The van der Waals surface area contributed by atoms with Crippen molar-refractivity contribution in [1.29, 1.82) is 0 Å². The average Bonchev–Trinajstić information content (AvgIpc) is 3.08. The minimum Gasteiger partial charge on any atom is -0.273 e. The lowest BCUT2D eigenvalue weighted by Crippen LogP contribution is -2.25. The van der Waals surface area contributed by atoms with Crippen molar-refractivity contribution in [2.45, 2.75) is 19.5 Å². The maximum Gasteiger partial charge on any atom is 0.364 e. The van der Waals surface area contributed by atoms with Crippen LogP contribution in [0.5, 0.6) is 0 Å². The van der Waals surface area contributed by atoms with Crippen molar-refractivity contribution in [3.63, 3.8) is 0 Å². The molecule has 2 heterocycles. The van der Waals surface area contributed by atoms with Crippen molar-refractivity contribution in [3.8, 4) is 0 Å². The second kappa shape index (κ2) is 5.70. The van der Waals surface area contributed by atoms with Crippen molar-refractivity contribution in [1.82, 2.24) is 34.6 Å². The van der Waals surface area contributed by atoms with Crippen LogP contribution in [0.1, 0.15) is 11.4 Å². The van der Waals surface area contributed by atoms with Crippen LogP contribution in [-0.2, 0) is 26.6 Å². The number of hydrogen-bond donors (Lipinski definition) is 0. The van der Waals surface area contributed by atoms with E-state index in [4.69, 9.17) is 0 Å². The van der Waals surface area contributed by atoms with Gasteiger partial charge in [-0.1, -0.05) is 30.3 Å². The van der Waals surface area contributed by atoms with Gasteiger partial charge >= 0.3 is 5.69 Å². The van der Waals surface area contributed by atoms with Crippen LogP contribution in [0.25, 0.3) is 0 Å². The van der Waals surface area contributed by atoms with Crippen molar-refractivity contribution in [2.75, 3.05) is 0 Å². The van der Waals surface area contributed by atoms with Gasteiger partial charge in [-0.05, 0) is 22.4 Å². The highest BCUT2D eigenvalue weighted by Gasteiger charge is 2.10. The maximum atomic E-state index is 11.6. The summed E-state index contributed by atoms with van der Waals surface area (Å²) in [5, 5.41) is 11.7. The van der Waals surface area contributed by atoms with E-state index in [0.717, 1.165) is 6.42 Å². The summed E-state index contributed by atoms with van der Waals surface area (Å²) in [6.07, 6.45) is 2.31. The van der Waals surface area contributed by atoms with Gasteiger partial charge in [0.25, 0.3) is 0 Å². The van der Waals surface area contributed by atoms with Gasteiger partial charge in [-0.3, -0.25) is 4.68 Å². The lowest BCUT2D eigenvalue weighted by molar-refractivity contribution is 0.487. The van der Waals surface area contributed by atoms with Crippen molar-refractivity contribution < 1.29 is 0 Å². The Labute approximate surface area is 120 Å². The number of nitrogens with zero attached hydrogens (tertiary/aromatic N) is 7. The summed E-state index contributed by atoms with van der Waals surface area (Å²) in [5.41, 5.74) is 0.909. The Morgan fingerprint density at radius 2 is 2.00 bits per heavy atom. The minimum atomic E-state index is -0.310. The van der Waals surface area contributed by atoms with E-state index in [1.807, 2.05) is 18.2 Å². The lowest BCUT2D eigenvalue weighted by Gasteiger charge is -2.07. The molecule has 0 N–H and O–H groups in total. The third-order valence-corrected chi connectivity index (χ3v) is 3.29. The number of aromatic nitrogens is 7. The van der Waals surface area contributed by atoms with Crippen molar-refractivity contribution >= 4 is 0 Å². The van der Waals surface area contributed by atoms with E-state index >= 15 is 0 Å². The van der Waals surface area contributed by atoms with Crippen molar-refractivity contribution in [2.24, 2.45) is 7.05 Å². The molecule has 3 aromatic rings. The SMILES string of the molecule is Cn1cnc(=O)n1Cc1nnnn1CCc1ccccc1. The zero-order chi connectivity index (χ0) is 14.7. The molecule has 0 bridgehead atoms. The molecule has 8 heteroatoms. The molecular formula is C13H15N7O. The maximum absolute atomic E-state index is 11.6. The van der Waals surface area contributed by atoms with E-state index in [1.54, 1.807) is 16.4 Å². The predicted molar refractivity (Wildman–Crippen MR) is 74.5 cm³/mol. The fourth-order valence-electron chi connectivity index (χ4n) is 2.10. The van der Waals surface area contributed by atoms with Crippen molar-refractivity contribution in [3.05, 3.63) is 58.5 Å². The molecule has 0 spiro atoms. The van der Waals surface area contributed by atoms with E-state index < -0.39 is 0 Å². The Morgan fingerprint density at radius 1 is 1.19 bits per heavy atom. The van der Waals surface area contributed by atoms with Gasteiger partial charge in [0.15, 0.2) is 5.82 Å². The number of rotatable bonds is 5. The summed E-state index contributed by atoms with van der Waals surface area (Å²) in [6, 6.07) is 10.1. The van der Waals surface area contributed by atoms with Crippen LogP contribution in [0, 0.1) is 0 Å². The quantitative estimate of drug-likeness (QED) is 0.651. The van der Waals surface area contributed by atoms with Crippen LogP contribution in [-0.4, -0.2) is 34.6 Å². The Bertz CT molecular complexity index is 771. The van der Waals surface area contributed by atoms with Gasteiger partial charge < -0.3 is 0 Å². The predicted octanol–water partition coefficient (Wildman–Crippen LogP) is -0.141. The van der Waals surface area contributed by atoms with Crippen LogP contribution >= 0.6 is 0 Å². The lowest BCUT2D eigenvalue weighted by atomic mass is 10.1. The Hall–Kier alpha value is -2.77. The first-order valence-electron chi connectivity index (χ1n) is 6.61. The zero-order valence-corrected chi connectivity index (χ0v) is 11.6. The van der Waals surface area contributed by atoms with Crippen LogP contribution in [0.2, 0.25) is 0 Å². The van der Waals surface area contributed by atoms with Gasteiger partial charge in [0, 0.05) is 13.6 Å².